The molecule has 0 saturated heterocycles. The first-order valence-electron chi connectivity index (χ1n) is 5.54. The van der Waals surface area contributed by atoms with Gasteiger partial charge in [-0.3, -0.25) is 0 Å². The van der Waals surface area contributed by atoms with E-state index >= 15 is 0 Å². The summed E-state index contributed by atoms with van der Waals surface area (Å²) in [6, 6.07) is 6.10. The maximum absolute atomic E-state index is 11.1. The lowest BCUT2D eigenvalue weighted by molar-refractivity contribution is 0.0690. The highest BCUT2D eigenvalue weighted by molar-refractivity contribution is 5.97. The van der Waals surface area contributed by atoms with Crippen molar-refractivity contribution in [2.45, 2.75) is 26.7 Å². The van der Waals surface area contributed by atoms with Crippen molar-refractivity contribution in [3.05, 3.63) is 35.0 Å². The summed E-state index contributed by atoms with van der Waals surface area (Å²) in [7, 11) is 0. The molecule has 2 N–H and O–H groups in total. The van der Waals surface area contributed by atoms with Crippen LogP contribution in [0, 0.1) is 0 Å². The van der Waals surface area contributed by atoms with Gasteiger partial charge in [-0.25, -0.2) is 4.79 Å². The Balaban J connectivity index is 2.71. The van der Waals surface area contributed by atoms with Crippen LogP contribution in [0.3, 0.4) is 0 Å². The lowest BCUT2D eigenvalue weighted by Crippen LogP contribution is -2.00. The molecule has 0 aliphatic heterocycles. The zero-order valence-electron chi connectivity index (χ0n) is 9.50. The predicted octanol–water partition coefficient (Wildman–Crippen LogP) is 2.99. The second-order valence-electron chi connectivity index (χ2n) is 3.87. The van der Waals surface area contributed by atoms with Crippen molar-refractivity contribution in [3.63, 3.8) is 0 Å². The lowest BCUT2D eigenvalue weighted by atomic mass is 10.1. The molecule has 0 aliphatic rings. The van der Waals surface area contributed by atoms with Crippen LogP contribution in [0.15, 0.2) is 18.2 Å². The van der Waals surface area contributed by atoms with Crippen LogP contribution < -0.4 is 0 Å². The summed E-state index contributed by atoms with van der Waals surface area (Å²) in [4.78, 5) is 14.1. The maximum atomic E-state index is 11.1. The molecular formula is C13H15NO2. The number of carboxylic acids is 1. The summed E-state index contributed by atoms with van der Waals surface area (Å²) in [6.45, 7) is 4.06. The van der Waals surface area contributed by atoms with E-state index in [0.29, 0.717) is 5.69 Å². The number of aryl methyl sites for hydroxylation is 2. The maximum Gasteiger partial charge on any atom is 0.352 e. The molecule has 0 saturated carbocycles. The van der Waals surface area contributed by atoms with E-state index in [-0.39, 0.29) is 0 Å². The lowest BCUT2D eigenvalue weighted by Gasteiger charge is -1.98. The number of aromatic nitrogens is 1. The first-order valence-corrected chi connectivity index (χ1v) is 5.54. The van der Waals surface area contributed by atoms with Gasteiger partial charge in [0, 0.05) is 10.9 Å². The average Bonchev–Trinajstić information content (AvgIpc) is 2.66. The Hall–Kier alpha value is -1.77. The van der Waals surface area contributed by atoms with Gasteiger partial charge in [0.05, 0.1) is 0 Å². The molecule has 3 nitrogen and oxygen atoms in total. The van der Waals surface area contributed by atoms with Gasteiger partial charge < -0.3 is 10.1 Å². The molecule has 0 fully saturated rings. The molecule has 0 bridgehead atoms. The second kappa shape index (κ2) is 4.00. The molecule has 0 atom stereocenters. The molecule has 1 aromatic carbocycles. The Morgan fingerprint density at radius 3 is 2.62 bits per heavy atom. The van der Waals surface area contributed by atoms with Crippen molar-refractivity contribution in [1.82, 2.24) is 4.98 Å². The first kappa shape index (κ1) is 10.7. The zero-order valence-corrected chi connectivity index (χ0v) is 9.50. The van der Waals surface area contributed by atoms with E-state index in [9.17, 15) is 4.79 Å². The Kier molecular flexibility index (Phi) is 2.69. The molecule has 0 unspecified atom stereocenters. The van der Waals surface area contributed by atoms with Crippen LogP contribution in [0.5, 0.6) is 0 Å². The number of hydrogen-bond donors (Lipinski definition) is 2. The van der Waals surface area contributed by atoms with Gasteiger partial charge in [-0.05, 0) is 30.0 Å². The number of aromatic carboxylic acids is 1. The smallest absolute Gasteiger partial charge is 0.352 e. The minimum absolute atomic E-state index is 0.325. The average molecular weight is 217 g/mol. The van der Waals surface area contributed by atoms with Crippen LogP contribution in [0.1, 0.15) is 35.5 Å². The van der Waals surface area contributed by atoms with E-state index in [1.165, 1.54) is 5.56 Å². The minimum Gasteiger partial charge on any atom is -0.477 e. The van der Waals surface area contributed by atoms with Crippen LogP contribution in [0.4, 0.5) is 0 Å². The van der Waals surface area contributed by atoms with E-state index in [1.54, 1.807) is 0 Å². The van der Waals surface area contributed by atoms with Gasteiger partial charge in [-0.15, -0.1) is 0 Å². The Morgan fingerprint density at radius 1 is 1.31 bits per heavy atom. The molecule has 0 amide bonds. The van der Waals surface area contributed by atoms with Crippen molar-refractivity contribution < 1.29 is 9.90 Å². The van der Waals surface area contributed by atoms with Gasteiger partial charge in [-0.1, -0.05) is 26.0 Å². The summed E-state index contributed by atoms with van der Waals surface area (Å²) in [5, 5.41) is 10.1. The number of fused-ring (bicyclic) bond motifs is 1. The largest absolute Gasteiger partial charge is 0.477 e. The van der Waals surface area contributed by atoms with Crippen LogP contribution >= 0.6 is 0 Å². The molecule has 1 aromatic heterocycles. The molecule has 1 heterocycles. The molecular weight excluding hydrogens is 202 g/mol. The fraction of sp³-hybridized carbons (Fsp3) is 0.308. The molecule has 0 aliphatic carbocycles. The summed E-state index contributed by atoms with van der Waals surface area (Å²) < 4.78 is 0. The van der Waals surface area contributed by atoms with E-state index in [4.69, 9.17) is 5.11 Å². The summed E-state index contributed by atoms with van der Waals surface area (Å²) in [5.41, 5.74) is 3.36. The van der Waals surface area contributed by atoms with Gasteiger partial charge in [0.1, 0.15) is 5.69 Å². The number of nitrogens with one attached hydrogen (secondary N) is 1. The number of aromatic amines is 1. The summed E-state index contributed by atoms with van der Waals surface area (Å²) >= 11 is 0. The third kappa shape index (κ3) is 1.58. The van der Waals surface area contributed by atoms with Gasteiger partial charge >= 0.3 is 5.97 Å². The van der Waals surface area contributed by atoms with Crippen LogP contribution in [0.2, 0.25) is 0 Å². The molecule has 84 valence electrons. The van der Waals surface area contributed by atoms with Crippen molar-refractivity contribution in [2.24, 2.45) is 0 Å². The Labute approximate surface area is 94.1 Å². The highest BCUT2D eigenvalue weighted by atomic mass is 16.4. The number of rotatable bonds is 3. The predicted molar refractivity (Wildman–Crippen MR) is 64.0 cm³/mol. The van der Waals surface area contributed by atoms with Crippen LogP contribution in [0.25, 0.3) is 10.9 Å². The van der Waals surface area contributed by atoms with E-state index in [1.807, 2.05) is 19.1 Å². The number of H-pyrrole nitrogens is 1. The molecule has 2 aromatic rings. The van der Waals surface area contributed by atoms with Gasteiger partial charge in [0.15, 0.2) is 0 Å². The summed E-state index contributed by atoms with van der Waals surface area (Å²) in [5.74, 6) is -0.883. The van der Waals surface area contributed by atoms with Gasteiger partial charge in [-0.2, -0.15) is 0 Å². The SMILES string of the molecule is CCc1ccc2c(CC)c(C(=O)O)[nH]c2c1. The first-order chi connectivity index (χ1) is 7.67. The van der Waals surface area contributed by atoms with Gasteiger partial charge in [0.25, 0.3) is 0 Å². The zero-order chi connectivity index (χ0) is 11.7. The molecule has 0 spiro atoms. The van der Waals surface area contributed by atoms with Crippen molar-refractivity contribution in [3.8, 4) is 0 Å². The number of carboxylic acid groups (broad SMARTS) is 1. The number of benzene rings is 1. The fourth-order valence-corrected chi connectivity index (χ4v) is 2.07. The topological polar surface area (TPSA) is 53.1 Å². The van der Waals surface area contributed by atoms with Crippen LogP contribution in [-0.2, 0) is 12.8 Å². The van der Waals surface area contributed by atoms with Crippen molar-refractivity contribution in [2.75, 3.05) is 0 Å². The standard InChI is InChI=1S/C13H15NO2/c1-3-8-5-6-10-9(4-2)12(13(15)16)14-11(10)7-8/h5-7,14H,3-4H2,1-2H3,(H,15,16). The molecule has 3 heteroatoms. The molecule has 0 radical (unpaired) electrons. The van der Waals surface area contributed by atoms with Crippen LogP contribution in [-0.4, -0.2) is 16.1 Å². The van der Waals surface area contributed by atoms with E-state index in [0.717, 1.165) is 29.3 Å². The normalized spacial score (nSPS) is 10.9. The number of hydrogen-bond acceptors (Lipinski definition) is 1. The summed E-state index contributed by atoms with van der Waals surface area (Å²) in [6.07, 6.45) is 1.69. The second-order valence-corrected chi connectivity index (χ2v) is 3.87. The highest BCUT2D eigenvalue weighted by Crippen LogP contribution is 2.24. The van der Waals surface area contributed by atoms with Gasteiger partial charge in [0.2, 0.25) is 0 Å². The van der Waals surface area contributed by atoms with E-state index < -0.39 is 5.97 Å². The highest BCUT2D eigenvalue weighted by Gasteiger charge is 2.15. The van der Waals surface area contributed by atoms with Crippen molar-refractivity contribution in [1.29, 1.82) is 0 Å². The number of carbonyl (C=O) groups is 1. The third-order valence-electron chi connectivity index (χ3n) is 2.95. The van der Waals surface area contributed by atoms with Crippen molar-refractivity contribution >= 4 is 16.9 Å². The third-order valence-corrected chi connectivity index (χ3v) is 2.95. The monoisotopic (exact) mass is 217 g/mol. The molecule has 2 rings (SSSR count). The quantitative estimate of drug-likeness (QED) is 0.830. The fourth-order valence-electron chi connectivity index (χ4n) is 2.07. The molecule has 16 heavy (non-hydrogen) atoms. The Morgan fingerprint density at radius 2 is 2.06 bits per heavy atom. The minimum atomic E-state index is -0.883. The van der Waals surface area contributed by atoms with E-state index in [2.05, 4.69) is 18.0 Å². The Bertz CT molecular complexity index is 540.